The van der Waals surface area contributed by atoms with Crippen molar-refractivity contribution in [3.8, 4) is 0 Å². The molecule has 0 saturated carbocycles. The molecule has 3 aromatic heterocycles. The molecule has 1 fully saturated rings. The number of hydrogen-bond donors (Lipinski definition) is 2. The highest BCUT2D eigenvalue weighted by atomic mass is 35.5. The molecule has 2 N–H and O–H groups in total. The number of ether oxygens (including phenoxy) is 1. The number of piperazine rings is 1. The van der Waals surface area contributed by atoms with E-state index in [1.807, 2.05) is 88.4 Å². The number of nitrogens with zero attached hydrogens (tertiary/aromatic N) is 5. The monoisotopic (exact) mass is 631 g/mol. The van der Waals surface area contributed by atoms with Crippen LogP contribution in [-0.2, 0) is 16.1 Å². The van der Waals surface area contributed by atoms with Crippen LogP contribution < -0.4 is 10.2 Å². The van der Waals surface area contributed by atoms with Crippen molar-refractivity contribution in [2.75, 3.05) is 42.9 Å². The van der Waals surface area contributed by atoms with Crippen LogP contribution in [0.15, 0.2) is 67.3 Å². The molecule has 0 unspecified atom stereocenters. The molecule has 0 aliphatic carbocycles. The lowest BCUT2D eigenvalue weighted by Crippen LogP contribution is -2.52. The Morgan fingerprint density at radius 1 is 1.07 bits per heavy atom. The first-order valence-electron chi connectivity index (χ1n) is 15.4. The topological polar surface area (TPSA) is 107 Å². The fourth-order valence-corrected chi connectivity index (χ4v) is 5.69. The van der Waals surface area contributed by atoms with Gasteiger partial charge in [-0.3, -0.25) is 9.78 Å². The lowest BCUT2D eigenvalue weighted by molar-refractivity contribution is -0.133. The molecule has 4 heterocycles. The van der Waals surface area contributed by atoms with E-state index < -0.39 is 17.6 Å². The van der Waals surface area contributed by atoms with E-state index in [4.69, 9.17) is 16.3 Å². The third-order valence-electron chi connectivity index (χ3n) is 7.89. The quantitative estimate of drug-likeness (QED) is 0.223. The Hall–Kier alpha value is -4.31. The lowest BCUT2D eigenvalue weighted by atomic mass is 9.96. The van der Waals surface area contributed by atoms with Crippen LogP contribution >= 0.6 is 11.6 Å². The van der Waals surface area contributed by atoms with E-state index in [0.717, 1.165) is 33.5 Å². The average molecular weight is 632 g/mol. The maximum atomic E-state index is 14.2. The second-order valence-electron chi connectivity index (χ2n) is 12.6. The number of amides is 2. The average Bonchev–Trinajstić information content (AvgIpc) is 3.44. The number of anilines is 2. The van der Waals surface area contributed by atoms with Crippen molar-refractivity contribution in [1.29, 1.82) is 0 Å². The number of hydrogen-bond acceptors (Lipinski definition) is 7. The number of rotatable bonds is 9. The molecule has 0 radical (unpaired) electrons. The Morgan fingerprint density at radius 3 is 2.44 bits per heavy atom. The zero-order valence-electron chi connectivity index (χ0n) is 26.6. The lowest BCUT2D eigenvalue weighted by Gasteiger charge is -2.39. The third kappa shape index (κ3) is 7.86. The molecule has 1 saturated heterocycles. The van der Waals surface area contributed by atoms with Gasteiger partial charge in [-0.05, 0) is 70.0 Å². The molecule has 10 nitrogen and oxygen atoms in total. The predicted octanol–water partition coefficient (Wildman–Crippen LogP) is 6.30. The van der Waals surface area contributed by atoms with Crippen molar-refractivity contribution in [1.82, 2.24) is 24.8 Å². The molecule has 45 heavy (non-hydrogen) atoms. The molecule has 1 aliphatic rings. The van der Waals surface area contributed by atoms with Crippen LogP contribution in [0.2, 0.25) is 5.02 Å². The first-order valence-corrected chi connectivity index (χ1v) is 15.8. The number of aromatic amines is 1. The fraction of sp³-hybridized carbons (Fsp3) is 0.412. The maximum Gasteiger partial charge on any atom is 0.410 e. The van der Waals surface area contributed by atoms with Crippen LogP contribution in [0.5, 0.6) is 0 Å². The first-order chi connectivity index (χ1) is 21.5. The Bertz CT molecular complexity index is 1590. The molecule has 1 aliphatic heterocycles. The molecule has 1 atom stereocenters. The molecule has 4 aromatic rings. The summed E-state index contributed by atoms with van der Waals surface area (Å²) in [5.41, 5.74) is 4.09. The van der Waals surface area contributed by atoms with Gasteiger partial charge in [0, 0.05) is 75.1 Å². The Morgan fingerprint density at radius 2 is 1.80 bits per heavy atom. The highest BCUT2D eigenvalue weighted by molar-refractivity contribution is 6.30. The van der Waals surface area contributed by atoms with E-state index in [1.54, 1.807) is 23.2 Å². The van der Waals surface area contributed by atoms with Crippen LogP contribution in [0.25, 0.3) is 11.0 Å². The highest BCUT2D eigenvalue weighted by Crippen LogP contribution is 2.33. The molecule has 5 rings (SSSR count). The highest BCUT2D eigenvalue weighted by Gasteiger charge is 2.34. The van der Waals surface area contributed by atoms with E-state index >= 15 is 0 Å². The van der Waals surface area contributed by atoms with E-state index in [1.165, 1.54) is 0 Å². The van der Waals surface area contributed by atoms with Crippen LogP contribution in [0.3, 0.4) is 0 Å². The van der Waals surface area contributed by atoms with E-state index in [9.17, 15) is 9.59 Å². The number of carbonyl (C=O) groups is 2. The van der Waals surface area contributed by atoms with E-state index in [2.05, 4.69) is 25.2 Å². The Balaban J connectivity index is 1.33. The fourth-order valence-electron chi connectivity index (χ4n) is 5.56. The summed E-state index contributed by atoms with van der Waals surface area (Å²) in [5.74, 6) is -0.587. The minimum absolute atomic E-state index is 0.0217. The number of pyridine rings is 2. The first kappa shape index (κ1) is 32.1. The number of carbonyl (C=O) groups excluding carboxylic acids is 2. The van der Waals surface area contributed by atoms with Crippen molar-refractivity contribution in [2.24, 2.45) is 0 Å². The van der Waals surface area contributed by atoms with Gasteiger partial charge >= 0.3 is 6.09 Å². The van der Waals surface area contributed by atoms with Crippen molar-refractivity contribution >= 4 is 46.0 Å². The number of H-pyrrole nitrogens is 1. The van der Waals surface area contributed by atoms with Gasteiger partial charge in [0.15, 0.2) is 0 Å². The smallest absolute Gasteiger partial charge is 0.410 e. The summed E-state index contributed by atoms with van der Waals surface area (Å²) in [6, 6.07) is 13.1. The van der Waals surface area contributed by atoms with E-state index in [0.29, 0.717) is 37.7 Å². The standard InChI is InChI=1S/C34H42ClN7O3/c1-23(2)42(33(44)45-34(3,4)5)22-27(25-8-10-26(35)11-9-25)32(43)41-17-15-40(16-18-41)29-12-14-37-31-30(29)28(21-39-31)38-20-24-7-6-13-36-19-24/h6-14,19,21,23,27,38H,15-18,20,22H2,1-5H3,(H,37,39)/t27-/m1/s1. The van der Waals surface area contributed by atoms with Crippen molar-refractivity contribution < 1.29 is 14.3 Å². The number of halogens is 1. The molecular formula is C34H42ClN7O3. The Labute approximate surface area is 269 Å². The molecule has 1 aromatic carbocycles. The number of fused-ring (bicyclic) bond motifs is 1. The zero-order valence-corrected chi connectivity index (χ0v) is 27.3. The van der Waals surface area contributed by atoms with Gasteiger partial charge in [0.25, 0.3) is 0 Å². The SMILES string of the molecule is CC(C)N(C[C@@H](C(=O)N1CCN(c2ccnc3[nH]cc(NCc4cccnc4)c23)CC1)c1ccc(Cl)cc1)C(=O)OC(C)(C)C. The number of benzene rings is 1. The molecule has 2 amide bonds. The summed E-state index contributed by atoms with van der Waals surface area (Å²) in [6.45, 7) is 12.6. The predicted molar refractivity (Wildman–Crippen MR) is 179 cm³/mol. The summed E-state index contributed by atoms with van der Waals surface area (Å²) >= 11 is 6.19. The molecule has 0 spiro atoms. The largest absolute Gasteiger partial charge is 0.444 e. The Kier molecular flexibility index (Phi) is 9.82. The van der Waals surface area contributed by atoms with Crippen molar-refractivity contribution in [3.63, 3.8) is 0 Å². The van der Waals surface area contributed by atoms with Crippen LogP contribution in [0.4, 0.5) is 16.2 Å². The normalized spacial score (nSPS) is 14.5. The van der Waals surface area contributed by atoms with Gasteiger partial charge < -0.3 is 29.7 Å². The summed E-state index contributed by atoms with van der Waals surface area (Å²) in [4.78, 5) is 45.3. The van der Waals surface area contributed by atoms with Gasteiger partial charge in [-0.1, -0.05) is 29.8 Å². The van der Waals surface area contributed by atoms with Crippen molar-refractivity contribution in [2.45, 2.75) is 58.7 Å². The second-order valence-corrected chi connectivity index (χ2v) is 13.1. The van der Waals surface area contributed by atoms with Gasteiger partial charge in [-0.2, -0.15) is 0 Å². The summed E-state index contributed by atoms with van der Waals surface area (Å²) < 4.78 is 5.70. The second kappa shape index (κ2) is 13.8. The van der Waals surface area contributed by atoms with Gasteiger partial charge in [0.05, 0.1) is 22.7 Å². The van der Waals surface area contributed by atoms with Crippen LogP contribution in [0.1, 0.15) is 51.7 Å². The number of nitrogens with one attached hydrogen (secondary N) is 2. The molecule has 0 bridgehead atoms. The van der Waals surface area contributed by atoms with E-state index in [-0.39, 0.29) is 18.5 Å². The summed E-state index contributed by atoms with van der Waals surface area (Å²) in [5, 5.41) is 5.13. The molecular weight excluding hydrogens is 590 g/mol. The molecule has 238 valence electrons. The van der Waals surface area contributed by atoms with Crippen LogP contribution in [-0.4, -0.2) is 81.1 Å². The summed E-state index contributed by atoms with van der Waals surface area (Å²) in [6.07, 6.45) is 6.93. The molecule has 11 heteroatoms. The van der Waals surface area contributed by atoms with Gasteiger partial charge in [-0.15, -0.1) is 0 Å². The van der Waals surface area contributed by atoms with Gasteiger partial charge in [0.2, 0.25) is 5.91 Å². The minimum atomic E-state index is -0.647. The van der Waals surface area contributed by atoms with Crippen LogP contribution in [0, 0.1) is 0 Å². The van der Waals surface area contributed by atoms with Gasteiger partial charge in [0.1, 0.15) is 11.2 Å². The number of aromatic nitrogens is 3. The minimum Gasteiger partial charge on any atom is -0.444 e. The van der Waals surface area contributed by atoms with Crippen molar-refractivity contribution in [3.05, 3.63) is 83.4 Å². The third-order valence-corrected chi connectivity index (χ3v) is 8.14. The zero-order chi connectivity index (χ0) is 32.1. The maximum absolute atomic E-state index is 14.2. The summed E-state index contributed by atoms with van der Waals surface area (Å²) in [7, 11) is 0. The van der Waals surface area contributed by atoms with Gasteiger partial charge in [-0.25, -0.2) is 9.78 Å².